The van der Waals surface area contributed by atoms with Crippen LogP contribution in [0.2, 0.25) is 0 Å². The minimum absolute atomic E-state index is 0. The van der Waals surface area contributed by atoms with E-state index in [-0.39, 0.29) is 43.4 Å². The topological polar surface area (TPSA) is 64.6 Å². The third-order valence-electron chi connectivity index (χ3n) is 3.25. The Morgan fingerprint density at radius 2 is 2.15 bits per heavy atom. The summed E-state index contributed by atoms with van der Waals surface area (Å²) in [5, 5.41) is 15.3. The predicted octanol–water partition coefficient (Wildman–Crippen LogP) is 0.660. The van der Waals surface area contributed by atoms with E-state index in [1.54, 1.807) is 7.05 Å². The fourth-order valence-corrected chi connectivity index (χ4v) is 2.29. The molecule has 114 valence electrons. The molecule has 20 heavy (non-hydrogen) atoms. The second kappa shape index (κ2) is 9.02. The molecule has 0 bridgehead atoms. The molecule has 1 aliphatic heterocycles. The molecule has 0 aliphatic carbocycles. The monoisotopic (exact) mass is 321 g/mol. The number of aliphatic hydroxyl groups is 1. The minimum Gasteiger partial charge on any atom is -0.394 e. The fourth-order valence-electron chi connectivity index (χ4n) is 2.29. The number of anilines is 1. The van der Waals surface area contributed by atoms with Crippen molar-refractivity contribution in [2.75, 3.05) is 38.2 Å². The number of benzene rings is 1. The maximum Gasteiger partial charge on any atom is 0.253 e. The van der Waals surface area contributed by atoms with Crippen LogP contribution in [0.1, 0.15) is 10.4 Å². The number of para-hydroxylation sites is 1. The molecule has 5 nitrogen and oxygen atoms in total. The lowest BCUT2D eigenvalue weighted by Gasteiger charge is -2.37. The first kappa shape index (κ1) is 19.0. The van der Waals surface area contributed by atoms with E-state index in [0.717, 1.165) is 25.3 Å². The second-order valence-corrected chi connectivity index (χ2v) is 4.33. The van der Waals surface area contributed by atoms with Gasteiger partial charge in [0.2, 0.25) is 0 Å². The molecule has 0 radical (unpaired) electrons. The Bertz CT molecular complexity index is 432. The third-order valence-corrected chi connectivity index (χ3v) is 3.25. The smallest absolute Gasteiger partial charge is 0.253 e. The number of rotatable bonds is 3. The lowest BCUT2D eigenvalue weighted by atomic mass is 10.1. The standard InChI is InChI=1S/C13H19N3O2.2ClH/c1-14-13(18)11-4-2-3-5-12(11)16-7-6-15-8-10(16)9-17;;/h2-5,10,15,17H,6-9H2,1H3,(H,14,18);2*1H. The fraction of sp³-hybridized carbons (Fsp3) is 0.462. The van der Waals surface area contributed by atoms with Crippen LogP contribution in [-0.4, -0.2) is 50.3 Å². The number of hydrogen-bond acceptors (Lipinski definition) is 4. The summed E-state index contributed by atoms with van der Waals surface area (Å²) in [5.41, 5.74) is 1.54. The zero-order valence-electron chi connectivity index (χ0n) is 11.3. The molecule has 1 aromatic rings. The summed E-state index contributed by atoms with van der Waals surface area (Å²) in [4.78, 5) is 14.0. The van der Waals surface area contributed by atoms with Gasteiger partial charge in [0.05, 0.1) is 18.2 Å². The highest BCUT2D eigenvalue weighted by molar-refractivity contribution is 5.99. The summed E-state index contributed by atoms with van der Waals surface area (Å²) in [6.45, 7) is 2.46. The summed E-state index contributed by atoms with van der Waals surface area (Å²) in [6.07, 6.45) is 0. The van der Waals surface area contributed by atoms with Gasteiger partial charge in [0, 0.05) is 32.4 Å². The summed E-state index contributed by atoms with van der Waals surface area (Å²) >= 11 is 0. The molecule has 3 N–H and O–H groups in total. The van der Waals surface area contributed by atoms with Gasteiger partial charge in [0.15, 0.2) is 0 Å². The number of carbonyl (C=O) groups is 1. The van der Waals surface area contributed by atoms with Gasteiger partial charge in [-0.3, -0.25) is 4.79 Å². The van der Waals surface area contributed by atoms with Crippen molar-refractivity contribution in [2.45, 2.75) is 6.04 Å². The molecule has 0 saturated carbocycles. The number of nitrogens with zero attached hydrogens (tertiary/aromatic N) is 1. The molecule has 1 heterocycles. The van der Waals surface area contributed by atoms with Gasteiger partial charge in [-0.15, -0.1) is 24.8 Å². The second-order valence-electron chi connectivity index (χ2n) is 4.33. The quantitative estimate of drug-likeness (QED) is 0.765. The van der Waals surface area contributed by atoms with Crippen LogP contribution in [0.15, 0.2) is 24.3 Å². The SMILES string of the molecule is CNC(=O)c1ccccc1N1CCNCC1CO.Cl.Cl. The highest BCUT2D eigenvalue weighted by Gasteiger charge is 2.24. The average Bonchev–Trinajstić information content (AvgIpc) is 2.46. The molecular weight excluding hydrogens is 301 g/mol. The van der Waals surface area contributed by atoms with Crippen LogP contribution >= 0.6 is 24.8 Å². The Kier molecular flexibility index (Phi) is 8.57. The zero-order chi connectivity index (χ0) is 13.0. The van der Waals surface area contributed by atoms with E-state index in [1.165, 1.54) is 0 Å². The van der Waals surface area contributed by atoms with Crippen molar-refractivity contribution in [3.8, 4) is 0 Å². The van der Waals surface area contributed by atoms with Crippen molar-refractivity contribution in [3.63, 3.8) is 0 Å². The third kappa shape index (κ3) is 3.99. The van der Waals surface area contributed by atoms with Gasteiger partial charge >= 0.3 is 0 Å². The van der Waals surface area contributed by atoms with Crippen LogP contribution in [0.25, 0.3) is 0 Å². The molecule has 1 aromatic carbocycles. The Hall–Kier alpha value is -1.01. The Labute approximate surface area is 131 Å². The van der Waals surface area contributed by atoms with Gasteiger partial charge < -0.3 is 20.6 Å². The summed E-state index contributed by atoms with van der Waals surface area (Å²) in [5.74, 6) is -0.0965. The maximum atomic E-state index is 11.9. The van der Waals surface area contributed by atoms with Crippen LogP contribution in [0, 0.1) is 0 Å². The van der Waals surface area contributed by atoms with Gasteiger partial charge in [-0.1, -0.05) is 12.1 Å². The van der Waals surface area contributed by atoms with E-state index >= 15 is 0 Å². The van der Waals surface area contributed by atoms with Crippen molar-refractivity contribution in [1.29, 1.82) is 0 Å². The van der Waals surface area contributed by atoms with E-state index < -0.39 is 0 Å². The van der Waals surface area contributed by atoms with Crippen LogP contribution < -0.4 is 15.5 Å². The van der Waals surface area contributed by atoms with Gasteiger partial charge in [-0.2, -0.15) is 0 Å². The average molecular weight is 322 g/mol. The van der Waals surface area contributed by atoms with E-state index in [9.17, 15) is 9.90 Å². The number of nitrogens with one attached hydrogen (secondary N) is 2. The highest BCUT2D eigenvalue weighted by atomic mass is 35.5. The first-order valence-corrected chi connectivity index (χ1v) is 6.17. The van der Waals surface area contributed by atoms with Crippen LogP contribution in [0.5, 0.6) is 0 Å². The highest BCUT2D eigenvalue weighted by Crippen LogP contribution is 2.23. The Morgan fingerprint density at radius 3 is 2.80 bits per heavy atom. The van der Waals surface area contributed by atoms with Crippen LogP contribution in [-0.2, 0) is 0 Å². The summed E-state index contributed by atoms with van der Waals surface area (Å²) in [6, 6.07) is 7.52. The largest absolute Gasteiger partial charge is 0.394 e. The number of halogens is 2. The van der Waals surface area contributed by atoms with E-state index in [4.69, 9.17) is 0 Å². The molecule has 1 aliphatic rings. The lowest BCUT2D eigenvalue weighted by molar-refractivity contribution is 0.0963. The minimum atomic E-state index is -0.0965. The molecule has 1 saturated heterocycles. The summed E-state index contributed by atoms with van der Waals surface area (Å²) in [7, 11) is 1.63. The molecular formula is C13H21Cl2N3O2. The zero-order valence-corrected chi connectivity index (χ0v) is 13.0. The lowest BCUT2D eigenvalue weighted by Crippen LogP contribution is -2.53. The normalized spacial score (nSPS) is 17.7. The van der Waals surface area contributed by atoms with E-state index in [2.05, 4.69) is 15.5 Å². The van der Waals surface area contributed by atoms with Crippen LogP contribution in [0.4, 0.5) is 5.69 Å². The van der Waals surface area contributed by atoms with Crippen molar-refractivity contribution in [2.24, 2.45) is 0 Å². The first-order chi connectivity index (χ1) is 8.77. The van der Waals surface area contributed by atoms with Crippen molar-refractivity contribution in [1.82, 2.24) is 10.6 Å². The van der Waals surface area contributed by atoms with Gasteiger partial charge in [0.25, 0.3) is 5.91 Å². The molecule has 1 amide bonds. The van der Waals surface area contributed by atoms with E-state index in [0.29, 0.717) is 5.56 Å². The molecule has 2 rings (SSSR count). The number of piperazine rings is 1. The van der Waals surface area contributed by atoms with Crippen molar-refractivity contribution in [3.05, 3.63) is 29.8 Å². The van der Waals surface area contributed by atoms with Gasteiger partial charge in [-0.05, 0) is 12.1 Å². The molecule has 1 atom stereocenters. The van der Waals surface area contributed by atoms with Crippen LogP contribution in [0.3, 0.4) is 0 Å². The predicted molar refractivity (Wildman–Crippen MR) is 85.4 cm³/mol. The molecule has 1 unspecified atom stereocenters. The van der Waals surface area contributed by atoms with Gasteiger partial charge in [0.1, 0.15) is 0 Å². The number of aliphatic hydroxyl groups excluding tert-OH is 1. The summed E-state index contributed by atoms with van der Waals surface area (Å²) < 4.78 is 0. The molecule has 7 heteroatoms. The van der Waals surface area contributed by atoms with Crippen molar-refractivity contribution < 1.29 is 9.90 Å². The Balaban J connectivity index is 0.00000180. The first-order valence-electron chi connectivity index (χ1n) is 6.17. The maximum absolute atomic E-state index is 11.9. The molecule has 1 fully saturated rings. The number of amides is 1. The molecule has 0 aromatic heterocycles. The molecule has 0 spiro atoms. The number of carbonyl (C=O) groups excluding carboxylic acids is 1. The number of hydrogen-bond donors (Lipinski definition) is 3. The van der Waals surface area contributed by atoms with Gasteiger partial charge in [-0.25, -0.2) is 0 Å². The van der Waals surface area contributed by atoms with E-state index in [1.807, 2.05) is 24.3 Å². The van der Waals surface area contributed by atoms with Crippen molar-refractivity contribution >= 4 is 36.4 Å². The Morgan fingerprint density at radius 1 is 1.45 bits per heavy atom.